The number of carbonyl (C=O) groups excluding carboxylic acids is 2. The maximum absolute atomic E-state index is 10.9. The highest BCUT2D eigenvalue weighted by Crippen LogP contribution is 2.09. The van der Waals surface area contributed by atoms with Gasteiger partial charge in [-0.3, -0.25) is 10.1 Å². The molecule has 17 heavy (non-hydrogen) atoms. The molecule has 4 nitrogen and oxygen atoms in total. The van der Waals surface area contributed by atoms with E-state index >= 15 is 0 Å². The van der Waals surface area contributed by atoms with Crippen LogP contribution in [0.5, 0.6) is 0 Å². The number of amides is 1. The molecule has 0 saturated carbocycles. The molecule has 0 bridgehead atoms. The summed E-state index contributed by atoms with van der Waals surface area (Å²) >= 11 is 0. The number of rotatable bonds is 2. The number of ether oxygens (including phenoxy) is 1. The first kappa shape index (κ1) is 15.2. The normalized spacial score (nSPS) is 8.71. The fourth-order valence-electron chi connectivity index (χ4n) is 0.957. The van der Waals surface area contributed by atoms with Crippen molar-refractivity contribution < 1.29 is 14.3 Å². The summed E-state index contributed by atoms with van der Waals surface area (Å²) in [6.07, 6.45) is 0.723. The van der Waals surface area contributed by atoms with Gasteiger partial charge in [0.15, 0.2) is 5.78 Å². The molecule has 0 aromatic heterocycles. The number of carbonyl (C=O) groups is 2. The Bertz CT molecular complexity index is 357. The largest absolute Gasteiger partial charge is 0.453 e. The molecular weight excluding hydrogens is 218 g/mol. The Kier molecular flexibility index (Phi) is 7.43. The van der Waals surface area contributed by atoms with Crippen LogP contribution in [0.1, 0.15) is 37.6 Å². The number of ketones is 1. The molecule has 4 heteroatoms. The summed E-state index contributed by atoms with van der Waals surface area (Å²) in [6.45, 7) is 5.74. The summed E-state index contributed by atoms with van der Waals surface area (Å²) in [4.78, 5) is 21.7. The van der Waals surface area contributed by atoms with E-state index in [0.717, 1.165) is 0 Å². The van der Waals surface area contributed by atoms with Crippen molar-refractivity contribution in [2.45, 2.75) is 27.2 Å². The van der Waals surface area contributed by atoms with E-state index in [2.05, 4.69) is 23.9 Å². The summed E-state index contributed by atoms with van der Waals surface area (Å²) < 4.78 is 4.41. The number of Topliss-reactive ketones (excluding diaryl/α,β-unsaturated/α-hetero) is 1. The molecule has 1 rings (SSSR count). The van der Waals surface area contributed by atoms with E-state index < -0.39 is 6.09 Å². The standard InChI is InChI=1S/C10H11NO3.C3H8/c1-7(12)8-3-5-9(6-4-8)11-10(13)14-2;1-3-2/h3-6H,1-2H3,(H,11,13);3H2,1-2H3. The van der Waals surface area contributed by atoms with E-state index in [1.807, 2.05) is 0 Å². The molecule has 0 unspecified atom stereocenters. The van der Waals surface area contributed by atoms with Crippen LogP contribution in [0.4, 0.5) is 10.5 Å². The molecule has 0 saturated heterocycles. The van der Waals surface area contributed by atoms with E-state index in [-0.39, 0.29) is 5.78 Å². The van der Waals surface area contributed by atoms with Crippen molar-refractivity contribution >= 4 is 17.6 Å². The zero-order valence-corrected chi connectivity index (χ0v) is 10.7. The third-order valence-electron chi connectivity index (χ3n) is 1.72. The second kappa shape index (κ2) is 8.33. The monoisotopic (exact) mass is 237 g/mol. The lowest BCUT2D eigenvalue weighted by Crippen LogP contribution is -2.10. The van der Waals surface area contributed by atoms with Gasteiger partial charge in [0.25, 0.3) is 0 Å². The van der Waals surface area contributed by atoms with Gasteiger partial charge in [0.05, 0.1) is 7.11 Å². The summed E-state index contributed by atoms with van der Waals surface area (Å²) in [7, 11) is 1.29. The van der Waals surface area contributed by atoms with Crippen LogP contribution < -0.4 is 5.32 Å². The first-order chi connectivity index (χ1) is 8.04. The van der Waals surface area contributed by atoms with Crippen molar-refractivity contribution in [1.29, 1.82) is 0 Å². The van der Waals surface area contributed by atoms with Gasteiger partial charge in [-0.2, -0.15) is 0 Å². The number of hydrogen-bond acceptors (Lipinski definition) is 3. The summed E-state index contributed by atoms with van der Waals surface area (Å²) in [5.74, 6) is -0.00498. The minimum atomic E-state index is -0.527. The molecule has 0 atom stereocenters. The summed E-state index contributed by atoms with van der Waals surface area (Å²) in [5.41, 5.74) is 1.21. The second-order valence-electron chi connectivity index (χ2n) is 3.46. The van der Waals surface area contributed by atoms with Gasteiger partial charge >= 0.3 is 6.09 Å². The topological polar surface area (TPSA) is 55.4 Å². The molecular formula is C13H19NO3. The van der Waals surface area contributed by atoms with E-state index in [4.69, 9.17) is 0 Å². The number of anilines is 1. The summed E-state index contributed by atoms with van der Waals surface area (Å²) in [6, 6.07) is 6.59. The average molecular weight is 237 g/mol. The molecule has 0 spiro atoms. The number of hydrogen-bond donors (Lipinski definition) is 1. The van der Waals surface area contributed by atoms with Crippen molar-refractivity contribution in [3.8, 4) is 0 Å². The predicted octanol–water partition coefficient (Wildman–Crippen LogP) is 3.48. The van der Waals surface area contributed by atoms with Gasteiger partial charge in [-0.05, 0) is 31.2 Å². The van der Waals surface area contributed by atoms with Gasteiger partial charge in [-0.1, -0.05) is 20.3 Å². The number of benzene rings is 1. The average Bonchev–Trinajstić information content (AvgIpc) is 2.30. The Balaban J connectivity index is 0.000000770. The number of methoxy groups -OCH3 is 1. The fourth-order valence-corrected chi connectivity index (χ4v) is 0.957. The first-order valence-electron chi connectivity index (χ1n) is 5.51. The Morgan fingerprint density at radius 2 is 1.65 bits per heavy atom. The van der Waals surface area contributed by atoms with Crippen LogP contribution in [0.25, 0.3) is 0 Å². The van der Waals surface area contributed by atoms with E-state index in [1.165, 1.54) is 20.5 Å². The van der Waals surface area contributed by atoms with Crippen molar-refractivity contribution in [2.75, 3.05) is 12.4 Å². The Morgan fingerprint density at radius 1 is 1.18 bits per heavy atom. The van der Waals surface area contributed by atoms with Crippen LogP contribution in [0.2, 0.25) is 0 Å². The van der Waals surface area contributed by atoms with Crippen LogP contribution in [-0.4, -0.2) is 19.0 Å². The molecule has 0 aliphatic carbocycles. The SMILES string of the molecule is CCC.COC(=O)Nc1ccc(C(C)=O)cc1. The zero-order valence-electron chi connectivity index (χ0n) is 10.7. The third-order valence-corrected chi connectivity index (χ3v) is 1.72. The van der Waals surface area contributed by atoms with Crippen LogP contribution in [0.15, 0.2) is 24.3 Å². The van der Waals surface area contributed by atoms with Gasteiger partial charge in [0.2, 0.25) is 0 Å². The van der Waals surface area contributed by atoms with Gasteiger partial charge < -0.3 is 4.74 Å². The highest BCUT2D eigenvalue weighted by Gasteiger charge is 2.01. The Hall–Kier alpha value is -1.84. The van der Waals surface area contributed by atoms with Gasteiger partial charge in [0, 0.05) is 11.3 Å². The van der Waals surface area contributed by atoms with E-state index in [1.54, 1.807) is 24.3 Å². The van der Waals surface area contributed by atoms with E-state index in [9.17, 15) is 9.59 Å². The van der Waals surface area contributed by atoms with Gasteiger partial charge in [0.1, 0.15) is 0 Å². The van der Waals surface area contributed by atoms with Crippen LogP contribution in [-0.2, 0) is 4.74 Å². The molecule has 1 N–H and O–H groups in total. The molecule has 94 valence electrons. The molecule has 0 aliphatic rings. The Morgan fingerprint density at radius 3 is 2.00 bits per heavy atom. The Labute approximate surface area is 102 Å². The van der Waals surface area contributed by atoms with Crippen LogP contribution >= 0.6 is 0 Å². The third kappa shape index (κ3) is 6.35. The minimum absolute atomic E-state index is 0.00498. The zero-order chi connectivity index (χ0) is 13.3. The molecule has 1 aromatic carbocycles. The van der Waals surface area contributed by atoms with Crippen LogP contribution in [0, 0.1) is 0 Å². The maximum Gasteiger partial charge on any atom is 0.411 e. The predicted molar refractivity (Wildman–Crippen MR) is 68.4 cm³/mol. The second-order valence-corrected chi connectivity index (χ2v) is 3.46. The highest BCUT2D eigenvalue weighted by atomic mass is 16.5. The van der Waals surface area contributed by atoms with Gasteiger partial charge in [-0.15, -0.1) is 0 Å². The quantitative estimate of drug-likeness (QED) is 0.801. The fraction of sp³-hybridized carbons (Fsp3) is 0.385. The van der Waals surface area contributed by atoms with Crippen molar-refractivity contribution in [3.63, 3.8) is 0 Å². The lowest BCUT2D eigenvalue weighted by atomic mass is 10.1. The van der Waals surface area contributed by atoms with Crippen molar-refractivity contribution in [2.24, 2.45) is 0 Å². The van der Waals surface area contributed by atoms with E-state index in [0.29, 0.717) is 11.3 Å². The molecule has 0 radical (unpaired) electrons. The molecule has 0 aliphatic heterocycles. The summed E-state index contributed by atoms with van der Waals surface area (Å²) in [5, 5.41) is 2.49. The lowest BCUT2D eigenvalue weighted by molar-refractivity contribution is 0.101. The smallest absolute Gasteiger partial charge is 0.411 e. The van der Waals surface area contributed by atoms with Crippen molar-refractivity contribution in [1.82, 2.24) is 0 Å². The first-order valence-corrected chi connectivity index (χ1v) is 5.51. The lowest BCUT2D eigenvalue weighted by Gasteiger charge is -2.03. The maximum atomic E-state index is 10.9. The molecule has 0 heterocycles. The van der Waals surface area contributed by atoms with Gasteiger partial charge in [-0.25, -0.2) is 4.79 Å². The molecule has 1 aromatic rings. The van der Waals surface area contributed by atoms with Crippen molar-refractivity contribution in [3.05, 3.63) is 29.8 Å². The van der Waals surface area contributed by atoms with Crippen LogP contribution in [0.3, 0.4) is 0 Å². The minimum Gasteiger partial charge on any atom is -0.453 e. The molecule has 0 fully saturated rings. The molecule has 1 amide bonds. The number of nitrogens with one attached hydrogen (secondary N) is 1. The highest BCUT2D eigenvalue weighted by molar-refractivity contribution is 5.94.